The van der Waals surface area contributed by atoms with Crippen LogP contribution in [0, 0.1) is 0 Å². The number of sulfonamides is 1. The van der Waals surface area contributed by atoms with Crippen molar-refractivity contribution in [2.24, 2.45) is 0 Å². The minimum atomic E-state index is -3.52. The standard InChI is InChI=1S/C19H29N5O3S/c1-3-23(4-2)28(26,27)16-11-12-18-17(14-16)21-22-24(18)13-7-10-19(25)20-15-8-5-6-9-15/h11-12,14-15H,3-10,13H2,1-2H3,(H,20,25). The van der Waals surface area contributed by atoms with Crippen LogP contribution in [-0.4, -0.2) is 52.8 Å². The predicted molar refractivity (Wildman–Crippen MR) is 107 cm³/mol. The summed E-state index contributed by atoms with van der Waals surface area (Å²) in [7, 11) is -3.52. The molecule has 1 amide bonds. The number of benzene rings is 1. The van der Waals surface area contributed by atoms with E-state index in [-0.39, 0.29) is 10.8 Å². The average Bonchev–Trinajstić information content (AvgIpc) is 3.32. The Morgan fingerprint density at radius 3 is 2.64 bits per heavy atom. The van der Waals surface area contributed by atoms with Gasteiger partial charge in [-0.1, -0.05) is 31.9 Å². The van der Waals surface area contributed by atoms with Crippen molar-refractivity contribution in [3.63, 3.8) is 0 Å². The summed E-state index contributed by atoms with van der Waals surface area (Å²) in [6.07, 6.45) is 5.67. The van der Waals surface area contributed by atoms with E-state index >= 15 is 0 Å². The molecule has 0 radical (unpaired) electrons. The smallest absolute Gasteiger partial charge is 0.243 e. The van der Waals surface area contributed by atoms with Crippen LogP contribution in [0.1, 0.15) is 52.4 Å². The van der Waals surface area contributed by atoms with Crippen molar-refractivity contribution < 1.29 is 13.2 Å². The Morgan fingerprint density at radius 1 is 1.25 bits per heavy atom. The topological polar surface area (TPSA) is 97.2 Å². The van der Waals surface area contributed by atoms with Gasteiger partial charge in [-0.25, -0.2) is 13.1 Å². The molecule has 0 aliphatic heterocycles. The van der Waals surface area contributed by atoms with Gasteiger partial charge in [0.1, 0.15) is 5.52 Å². The third-order valence-electron chi connectivity index (χ3n) is 5.32. The van der Waals surface area contributed by atoms with Crippen molar-refractivity contribution in [1.82, 2.24) is 24.6 Å². The first-order valence-electron chi connectivity index (χ1n) is 10.1. The Balaban J connectivity index is 1.63. The van der Waals surface area contributed by atoms with Crippen LogP contribution < -0.4 is 5.32 Å². The van der Waals surface area contributed by atoms with Crippen LogP contribution in [0.5, 0.6) is 0 Å². The SMILES string of the molecule is CCN(CC)S(=O)(=O)c1ccc2c(c1)nnn2CCCC(=O)NC1CCCC1. The molecular formula is C19H29N5O3S. The summed E-state index contributed by atoms with van der Waals surface area (Å²) < 4.78 is 28.5. The maximum Gasteiger partial charge on any atom is 0.243 e. The number of carbonyl (C=O) groups excluding carboxylic acids is 1. The second kappa shape index (κ2) is 9.00. The minimum Gasteiger partial charge on any atom is -0.353 e. The lowest BCUT2D eigenvalue weighted by molar-refractivity contribution is -0.121. The number of aryl methyl sites for hydroxylation is 1. The first-order chi connectivity index (χ1) is 13.5. The van der Waals surface area contributed by atoms with Gasteiger partial charge < -0.3 is 5.32 Å². The third kappa shape index (κ3) is 4.52. The molecule has 154 valence electrons. The predicted octanol–water partition coefficient (Wildman–Crippen LogP) is 2.30. The summed E-state index contributed by atoms with van der Waals surface area (Å²) in [6, 6.07) is 5.25. The monoisotopic (exact) mass is 407 g/mol. The maximum absolute atomic E-state index is 12.7. The highest BCUT2D eigenvalue weighted by molar-refractivity contribution is 7.89. The number of hydrogen-bond acceptors (Lipinski definition) is 5. The van der Waals surface area contributed by atoms with Gasteiger partial charge in [0, 0.05) is 32.1 Å². The van der Waals surface area contributed by atoms with Crippen molar-refractivity contribution in [3.05, 3.63) is 18.2 Å². The van der Waals surface area contributed by atoms with Gasteiger partial charge in [0.05, 0.1) is 10.4 Å². The summed E-state index contributed by atoms with van der Waals surface area (Å²) >= 11 is 0. The second-order valence-corrected chi connectivity index (χ2v) is 9.14. The molecule has 1 fully saturated rings. The van der Waals surface area contributed by atoms with E-state index in [0.717, 1.165) is 18.4 Å². The molecule has 3 rings (SSSR count). The van der Waals surface area contributed by atoms with E-state index in [1.807, 2.05) is 13.8 Å². The number of aromatic nitrogens is 3. The highest BCUT2D eigenvalue weighted by atomic mass is 32.2. The number of carbonyl (C=O) groups is 1. The first kappa shape index (κ1) is 20.7. The first-order valence-corrected chi connectivity index (χ1v) is 11.5. The molecule has 1 heterocycles. The number of rotatable bonds is 9. The molecule has 1 aromatic carbocycles. The van der Waals surface area contributed by atoms with Gasteiger partial charge >= 0.3 is 0 Å². The van der Waals surface area contributed by atoms with E-state index in [0.29, 0.717) is 44.0 Å². The molecule has 0 bridgehead atoms. The normalized spacial score (nSPS) is 15.5. The van der Waals surface area contributed by atoms with E-state index in [1.165, 1.54) is 17.1 Å². The third-order valence-corrected chi connectivity index (χ3v) is 7.37. The molecule has 0 spiro atoms. The Kier molecular flexibility index (Phi) is 6.66. The quantitative estimate of drug-likeness (QED) is 0.688. The lowest BCUT2D eigenvalue weighted by atomic mass is 10.2. The van der Waals surface area contributed by atoms with Gasteiger partial charge in [-0.2, -0.15) is 4.31 Å². The highest BCUT2D eigenvalue weighted by Crippen LogP contribution is 2.21. The highest BCUT2D eigenvalue weighted by Gasteiger charge is 2.22. The van der Waals surface area contributed by atoms with E-state index in [1.54, 1.807) is 22.9 Å². The fourth-order valence-electron chi connectivity index (χ4n) is 3.75. The minimum absolute atomic E-state index is 0.0870. The summed E-state index contributed by atoms with van der Waals surface area (Å²) in [5.41, 5.74) is 1.32. The molecule has 1 N–H and O–H groups in total. The van der Waals surface area contributed by atoms with Gasteiger partial charge in [-0.3, -0.25) is 4.79 Å². The van der Waals surface area contributed by atoms with Crippen molar-refractivity contribution in [2.45, 2.75) is 69.9 Å². The average molecular weight is 408 g/mol. The van der Waals surface area contributed by atoms with Gasteiger partial charge in [-0.15, -0.1) is 5.10 Å². The molecule has 0 atom stereocenters. The van der Waals surface area contributed by atoms with Crippen LogP contribution in [0.4, 0.5) is 0 Å². The van der Waals surface area contributed by atoms with Gasteiger partial charge in [-0.05, 0) is 37.5 Å². The summed E-state index contributed by atoms with van der Waals surface area (Å²) in [5, 5.41) is 11.3. The zero-order valence-electron chi connectivity index (χ0n) is 16.6. The molecule has 1 saturated carbocycles. The van der Waals surface area contributed by atoms with Gasteiger partial charge in [0.25, 0.3) is 0 Å². The van der Waals surface area contributed by atoms with Crippen molar-refractivity contribution in [1.29, 1.82) is 0 Å². The van der Waals surface area contributed by atoms with Crippen molar-refractivity contribution in [3.8, 4) is 0 Å². The van der Waals surface area contributed by atoms with Gasteiger partial charge in [0.15, 0.2) is 0 Å². The summed E-state index contributed by atoms with van der Waals surface area (Å²) in [5.74, 6) is 0.0870. The second-order valence-electron chi connectivity index (χ2n) is 7.20. The van der Waals surface area contributed by atoms with E-state index < -0.39 is 10.0 Å². The summed E-state index contributed by atoms with van der Waals surface area (Å²) in [6.45, 7) is 5.05. The molecule has 2 aromatic rings. The molecule has 0 saturated heterocycles. The Labute approximate surface area is 166 Å². The number of hydrogen-bond donors (Lipinski definition) is 1. The fourth-order valence-corrected chi connectivity index (χ4v) is 5.23. The van der Waals surface area contributed by atoms with E-state index in [2.05, 4.69) is 15.6 Å². The maximum atomic E-state index is 12.7. The molecule has 1 aliphatic carbocycles. The Hall–Kier alpha value is -2.00. The number of fused-ring (bicyclic) bond motifs is 1. The summed E-state index contributed by atoms with van der Waals surface area (Å²) in [4.78, 5) is 12.3. The van der Waals surface area contributed by atoms with Crippen LogP contribution in [0.2, 0.25) is 0 Å². The molecule has 9 heteroatoms. The largest absolute Gasteiger partial charge is 0.353 e. The van der Waals surface area contributed by atoms with Crippen LogP contribution in [0.3, 0.4) is 0 Å². The van der Waals surface area contributed by atoms with Crippen LogP contribution in [-0.2, 0) is 21.4 Å². The lowest BCUT2D eigenvalue weighted by Crippen LogP contribution is -2.32. The van der Waals surface area contributed by atoms with E-state index in [4.69, 9.17) is 0 Å². The van der Waals surface area contributed by atoms with Crippen molar-refractivity contribution >= 4 is 27.0 Å². The number of nitrogens with one attached hydrogen (secondary N) is 1. The number of amides is 1. The zero-order chi connectivity index (χ0) is 20.1. The Morgan fingerprint density at radius 2 is 1.96 bits per heavy atom. The molecule has 1 aromatic heterocycles. The molecule has 0 unspecified atom stereocenters. The van der Waals surface area contributed by atoms with Crippen LogP contribution in [0.15, 0.2) is 23.1 Å². The molecule has 28 heavy (non-hydrogen) atoms. The molecule has 1 aliphatic rings. The molecular weight excluding hydrogens is 378 g/mol. The zero-order valence-corrected chi connectivity index (χ0v) is 17.4. The fraction of sp³-hybridized carbons (Fsp3) is 0.632. The van der Waals surface area contributed by atoms with Crippen molar-refractivity contribution in [2.75, 3.05) is 13.1 Å². The Bertz CT molecular complexity index is 915. The van der Waals surface area contributed by atoms with Crippen LogP contribution >= 0.6 is 0 Å². The van der Waals surface area contributed by atoms with Gasteiger partial charge in [0.2, 0.25) is 15.9 Å². The number of nitrogens with zero attached hydrogens (tertiary/aromatic N) is 4. The lowest BCUT2D eigenvalue weighted by Gasteiger charge is -2.18. The van der Waals surface area contributed by atoms with E-state index in [9.17, 15) is 13.2 Å². The van der Waals surface area contributed by atoms with Crippen LogP contribution in [0.25, 0.3) is 11.0 Å². The molecule has 8 nitrogen and oxygen atoms in total.